The Bertz CT molecular complexity index is 680. The Hall–Kier alpha value is -2.79. The number of esters is 2. The molecule has 6 nitrogen and oxygen atoms in total. The summed E-state index contributed by atoms with van der Waals surface area (Å²) < 4.78 is 85.2. The van der Waals surface area contributed by atoms with Gasteiger partial charge in [0.25, 0.3) is 0 Å². The maximum absolute atomic E-state index is 12.8. The lowest BCUT2D eigenvalue weighted by atomic mass is 10.1. The molecule has 0 radical (unpaired) electrons. The first-order valence-electron chi connectivity index (χ1n) is 6.65. The van der Waals surface area contributed by atoms with Crippen molar-refractivity contribution in [2.24, 2.45) is 5.10 Å². The average Bonchev–Trinajstić information content (AvgIpc) is 2.55. The highest BCUT2D eigenvalue weighted by molar-refractivity contribution is 6.39. The second-order valence-corrected chi connectivity index (χ2v) is 4.71. The van der Waals surface area contributed by atoms with E-state index in [0.717, 1.165) is 14.2 Å². The highest BCUT2D eigenvalue weighted by Crippen LogP contribution is 2.37. The Labute approximate surface area is 142 Å². The molecular formula is C14H12F6N2O4. The number of rotatable bonds is 5. The van der Waals surface area contributed by atoms with Crippen LogP contribution in [0.15, 0.2) is 23.3 Å². The maximum atomic E-state index is 12.8. The second-order valence-electron chi connectivity index (χ2n) is 4.71. The van der Waals surface area contributed by atoms with E-state index in [-0.39, 0.29) is 6.07 Å². The molecule has 0 fully saturated rings. The Kier molecular flexibility index (Phi) is 6.59. The van der Waals surface area contributed by atoms with Gasteiger partial charge in [-0.2, -0.15) is 31.4 Å². The summed E-state index contributed by atoms with van der Waals surface area (Å²) >= 11 is 0. The van der Waals surface area contributed by atoms with Crippen LogP contribution >= 0.6 is 0 Å². The first-order valence-corrected chi connectivity index (χ1v) is 6.65. The van der Waals surface area contributed by atoms with E-state index < -0.39 is 53.2 Å². The summed E-state index contributed by atoms with van der Waals surface area (Å²) in [4.78, 5) is 22.7. The molecule has 0 aliphatic carbocycles. The molecule has 12 heteroatoms. The molecule has 0 saturated carbocycles. The lowest BCUT2D eigenvalue weighted by molar-refractivity contribution is -0.143. The molecule has 26 heavy (non-hydrogen) atoms. The fraction of sp³-hybridized carbons (Fsp3) is 0.357. The summed E-state index contributed by atoms with van der Waals surface area (Å²) in [5.74, 6) is -2.04. The van der Waals surface area contributed by atoms with E-state index in [2.05, 4.69) is 14.6 Å². The molecule has 144 valence electrons. The topological polar surface area (TPSA) is 77.0 Å². The Balaban J connectivity index is 3.28. The molecule has 1 rings (SSSR count). The minimum absolute atomic E-state index is 0.0649. The number of carbonyl (C=O) groups excluding carboxylic acids is 2. The smallest absolute Gasteiger partial charge is 0.416 e. The first-order chi connectivity index (χ1) is 11.9. The largest absolute Gasteiger partial charge is 0.469 e. The SMILES string of the molecule is COC(=O)CC(=NNc1cc(C(F)(F)F)cc(C(F)(F)F)c1)C(=O)OC. The van der Waals surface area contributed by atoms with Crippen molar-refractivity contribution in [2.45, 2.75) is 18.8 Å². The summed E-state index contributed by atoms with van der Waals surface area (Å²) in [6, 6.07) is 0.669. The van der Waals surface area contributed by atoms with Crippen molar-refractivity contribution >= 4 is 23.3 Å². The van der Waals surface area contributed by atoms with Crippen LogP contribution in [0.3, 0.4) is 0 Å². The summed E-state index contributed by atoms with van der Waals surface area (Å²) in [7, 11) is 1.95. The fourth-order valence-corrected chi connectivity index (χ4v) is 1.64. The molecule has 0 amide bonds. The number of hydrogen-bond acceptors (Lipinski definition) is 6. The number of ether oxygens (including phenoxy) is 2. The van der Waals surface area contributed by atoms with E-state index in [1.807, 2.05) is 5.43 Å². The van der Waals surface area contributed by atoms with Gasteiger partial charge in [0.15, 0.2) is 5.71 Å². The number of methoxy groups -OCH3 is 2. The van der Waals surface area contributed by atoms with Crippen LogP contribution in [0.5, 0.6) is 0 Å². The number of hydrogen-bond donors (Lipinski definition) is 1. The number of nitrogens with zero attached hydrogens (tertiary/aromatic N) is 1. The highest BCUT2D eigenvalue weighted by Gasteiger charge is 2.37. The van der Waals surface area contributed by atoms with Gasteiger partial charge in [-0.3, -0.25) is 10.2 Å². The lowest BCUT2D eigenvalue weighted by Crippen LogP contribution is -2.22. The van der Waals surface area contributed by atoms with Gasteiger partial charge in [0.05, 0.1) is 37.5 Å². The number of halogens is 6. The third kappa shape index (κ3) is 5.93. The monoisotopic (exact) mass is 386 g/mol. The highest BCUT2D eigenvalue weighted by atomic mass is 19.4. The van der Waals surface area contributed by atoms with Crippen LogP contribution in [-0.2, 0) is 31.4 Å². The number of alkyl halides is 6. The van der Waals surface area contributed by atoms with Crippen molar-refractivity contribution in [3.63, 3.8) is 0 Å². The molecule has 0 bridgehead atoms. The third-order valence-corrected chi connectivity index (χ3v) is 2.87. The quantitative estimate of drug-likeness (QED) is 0.364. The number of nitrogens with one attached hydrogen (secondary N) is 1. The van der Waals surface area contributed by atoms with Crippen LogP contribution in [0, 0.1) is 0 Å². The van der Waals surface area contributed by atoms with E-state index in [1.54, 1.807) is 0 Å². The molecule has 0 aromatic heterocycles. The summed E-state index contributed by atoms with van der Waals surface area (Å²) in [5.41, 5.74) is -2.55. The van der Waals surface area contributed by atoms with Crippen LogP contribution in [0.25, 0.3) is 0 Å². The van der Waals surface area contributed by atoms with Gasteiger partial charge < -0.3 is 9.47 Å². The van der Waals surface area contributed by atoms with Gasteiger partial charge in [0.1, 0.15) is 0 Å². The zero-order valence-corrected chi connectivity index (χ0v) is 13.3. The van der Waals surface area contributed by atoms with Crippen LogP contribution in [0.4, 0.5) is 32.0 Å². The molecule has 1 N–H and O–H groups in total. The molecule has 0 aliphatic rings. The van der Waals surface area contributed by atoms with E-state index in [1.165, 1.54) is 0 Å². The van der Waals surface area contributed by atoms with Crippen molar-refractivity contribution in [1.82, 2.24) is 0 Å². The summed E-state index contributed by atoms with van der Waals surface area (Å²) in [6.45, 7) is 0. The molecule has 0 heterocycles. The predicted octanol–water partition coefficient (Wildman–Crippen LogP) is 3.23. The van der Waals surface area contributed by atoms with Gasteiger partial charge in [-0.15, -0.1) is 0 Å². The zero-order chi connectivity index (χ0) is 20.1. The van der Waals surface area contributed by atoms with Crippen molar-refractivity contribution in [3.8, 4) is 0 Å². The van der Waals surface area contributed by atoms with Gasteiger partial charge >= 0.3 is 24.3 Å². The number of carbonyl (C=O) groups is 2. The van der Waals surface area contributed by atoms with Gasteiger partial charge in [-0.05, 0) is 18.2 Å². The van der Waals surface area contributed by atoms with E-state index >= 15 is 0 Å². The first kappa shape index (κ1) is 21.3. The molecule has 0 unspecified atom stereocenters. The van der Waals surface area contributed by atoms with Gasteiger partial charge in [-0.25, -0.2) is 4.79 Å². The Morgan fingerprint density at radius 2 is 1.46 bits per heavy atom. The number of hydrazone groups is 1. The van der Waals surface area contributed by atoms with Crippen molar-refractivity contribution in [2.75, 3.05) is 19.6 Å². The van der Waals surface area contributed by atoms with Crippen molar-refractivity contribution in [3.05, 3.63) is 29.3 Å². The van der Waals surface area contributed by atoms with E-state index in [9.17, 15) is 35.9 Å². The Morgan fingerprint density at radius 3 is 1.85 bits per heavy atom. The summed E-state index contributed by atoms with van der Waals surface area (Å²) in [5, 5.41) is 3.36. The second kappa shape index (κ2) is 8.06. The van der Waals surface area contributed by atoms with Crippen LogP contribution in [0.1, 0.15) is 17.5 Å². The van der Waals surface area contributed by atoms with Gasteiger partial charge in [0, 0.05) is 0 Å². The number of anilines is 1. The van der Waals surface area contributed by atoms with Crippen LogP contribution < -0.4 is 5.43 Å². The average molecular weight is 386 g/mol. The normalized spacial score (nSPS) is 12.5. The van der Waals surface area contributed by atoms with Crippen LogP contribution in [-0.4, -0.2) is 31.9 Å². The zero-order valence-electron chi connectivity index (χ0n) is 13.3. The number of benzene rings is 1. The minimum Gasteiger partial charge on any atom is -0.469 e. The van der Waals surface area contributed by atoms with Gasteiger partial charge in [0.2, 0.25) is 0 Å². The van der Waals surface area contributed by atoms with E-state index in [4.69, 9.17) is 0 Å². The lowest BCUT2D eigenvalue weighted by Gasteiger charge is -2.14. The molecule has 0 aliphatic heterocycles. The molecule has 1 aromatic rings. The fourth-order valence-electron chi connectivity index (χ4n) is 1.64. The van der Waals surface area contributed by atoms with E-state index in [0.29, 0.717) is 12.1 Å². The minimum atomic E-state index is -5.04. The van der Waals surface area contributed by atoms with Gasteiger partial charge in [-0.1, -0.05) is 0 Å². The standard InChI is InChI=1S/C14H12F6N2O4/c1-25-11(23)6-10(12(24)26-2)22-21-9-4-7(13(15,16)17)3-8(5-9)14(18,19)20/h3-5,21H,6H2,1-2H3. The Morgan fingerprint density at radius 1 is 0.962 bits per heavy atom. The van der Waals surface area contributed by atoms with Crippen LogP contribution in [0.2, 0.25) is 0 Å². The molecule has 1 aromatic carbocycles. The molecule has 0 atom stereocenters. The maximum Gasteiger partial charge on any atom is 0.416 e. The molecule has 0 saturated heterocycles. The van der Waals surface area contributed by atoms with Crippen molar-refractivity contribution < 1.29 is 45.4 Å². The predicted molar refractivity (Wildman–Crippen MR) is 76.2 cm³/mol. The third-order valence-electron chi connectivity index (χ3n) is 2.87. The summed E-state index contributed by atoms with van der Waals surface area (Å²) in [6.07, 6.45) is -10.8. The molecular weight excluding hydrogens is 374 g/mol. The van der Waals surface area contributed by atoms with Crippen molar-refractivity contribution in [1.29, 1.82) is 0 Å². The molecule has 0 spiro atoms.